The van der Waals surface area contributed by atoms with Crippen molar-refractivity contribution in [3.63, 3.8) is 0 Å². The molecule has 0 aromatic heterocycles. The number of carboxylic acids is 1. The van der Waals surface area contributed by atoms with Gasteiger partial charge in [0.1, 0.15) is 11.8 Å². The maximum absolute atomic E-state index is 10.4. The van der Waals surface area contributed by atoms with Gasteiger partial charge in [-0.05, 0) is 30.7 Å². The van der Waals surface area contributed by atoms with Crippen LogP contribution in [0.25, 0.3) is 0 Å². The number of rotatable bonds is 7. The van der Waals surface area contributed by atoms with E-state index in [1.807, 2.05) is 24.3 Å². The zero-order valence-electron chi connectivity index (χ0n) is 10.1. The van der Waals surface area contributed by atoms with E-state index in [-0.39, 0.29) is 12.5 Å². The lowest BCUT2D eigenvalue weighted by Crippen LogP contribution is -2.55. The lowest BCUT2D eigenvalue weighted by atomic mass is 10.0. The smallest absolute Gasteiger partial charge is 0.119 e. The Morgan fingerprint density at radius 3 is 2.59 bits per heavy atom. The van der Waals surface area contributed by atoms with Crippen LogP contribution in [0.15, 0.2) is 24.3 Å². The summed E-state index contributed by atoms with van der Waals surface area (Å²) >= 11 is 0. The van der Waals surface area contributed by atoms with Crippen LogP contribution in [-0.2, 0) is 4.79 Å². The highest BCUT2D eigenvalue weighted by molar-refractivity contribution is 5.65. The summed E-state index contributed by atoms with van der Waals surface area (Å²) in [7, 11) is 0. The molecule has 17 heavy (non-hydrogen) atoms. The second-order valence-electron chi connectivity index (χ2n) is 4.04. The van der Waals surface area contributed by atoms with Gasteiger partial charge in [-0.15, -0.1) is 0 Å². The van der Waals surface area contributed by atoms with Crippen molar-refractivity contribution in [3.8, 4) is 5.75 Å². The Morgan fingerprint density at radius 1 is 1.41 bits per heavy atom. The highest BCUT2D eigenvalue weighted by Gasteiger charge is 2.09. The first-order valence-corrected chi connectivity index (χ1v) is 5.89. The minimum Gasteiger partial charge on any atom is -0.550 e. The van der Waals surface area contributed by atoms with Gasteiger partial charge in [0.05, 0.1) is 6.61 Å². The minimum absolute atomic E-state index is 0.0595. The molecule has 0 aliphatic heterocycles. The summed E-state index contributed by atoms with van der Waals surface area (Å²) in [4.78, 5) is 10.4. The number of unbranched alkanes of at least 4 members (excludes halogenated alkanes) is 1. The highest BCUT2D eigenvalue weighted by Crippen LogP contribution is 2.17. The lowest BCUT2D eigenvalue weighted by molar-refractivity contribution is -0.430. The van der Waals surface area contributed by atoms with Crippen LogP contribution in [0, 0.1) is 0 Å². The first kappa shape index (κ1) is 13.5. The fraction of sp³-hybridized carbons (Fsp3) is 0.462. The summed E-state index contributed by atoms with van der Waals surface area (Å²) in [5.41, 5.74) is 4.68. The normalized spacial score (nSPS) is 12.1. The summed E-state index contributed by atoms with van der Waals surface area (Å²) in [6.07, 6.45) is 2.07. The molecule has 1 atom stereocenters. The molecule has 0 spiro atoms. The first-order chi connectivity index (χ1) is 8.13. The molecular formula is C13H19NO3. The maximum atomic E-state index is 10.4. The third kappa shape index (κ3) is 4.87. The quantitative estimate of drug-likeness (QED) is 0.692. The molecule has 0 amide bonds. The number of quaternary nitrogens is 1. The fourth-order valence-corrected chi connectivity index (χ4v) is 1.49. The van der Waals surface area contributed by atoms with Gasteiger partial charge in [0.15, 0.2) is 0 Å². The van der Waals surface area contributed by atoms with E-state index in [4.69, 9.17) is 4.74 Å². The van der Waals surface area contributed by atoms with Crippen LogP contribution in [0.5, 0.6) is 5.75 Å². The molecule has 0 saturated heterocycles. The predicted molar refractivity (Wildman–Crippen MR) is 62.1 cm³/mol. The number of benzene rings is 1. The van der Waals surface area contributed by atoms with Gasteiger partial charge in [-0.25, -0.2) is 0 Å². The summed E-state index contributed by atoms with van der Waals surface area (Å²) in [6.45, 7) is 2.82. The predicted octanol–water partition coefficient (Wildman–Crippen LogP) is 0.289. The molecule has 0 saturated carbocycles. The second kappa shape index (κ2) is 6.91. The monoisotopic (exact) mass is 237 g/mol. The highest BCUT2D eigenvalue weighted by atomic mass is 16.5. The molecule has 0 fully saturated rings. The molecule has 1 rings (SSSR count). The van der Waals surface area contributed by atoms with E-state index >= 15 is 0 Å². The molecule has 0 bridgehead atoms. The van der Waals surface area contributed by atoms with Gasteiger partial charge >= 0.3 is 0 Å². The molecule has 0 heterocycles. The van der Waals surface area contributed by atoms with Gasteiger partial charge in [0.25, 0.3) is 0 Å². The van der Waals surface area contributed by atoms with Crippen LogP contribution in [0.3, 0.4) is 0 Å². The average molecular weight is 237 g/mol. The van der Waals surface area contributed by atoms with Crippen LogP contribution in [-0.4, -0.2) is 12.6 Å². The standard InChI is InChI=1S/C13H19NO3/c1-2-3-8-17-11-6-4-10(5-7-11)12(14)9-13(15)16/h4-7,12H,2-3,8-9,14H2,1H3,(H,15,16). The zero-order chi connectivity index (χ0) is 12.7. The number of carbonyl (C=O) groups is 1. The van der Waals surface area contributed by atoms with Crippen molar-refractivity contribution < 1.29 is 20.4 Å². The second-order valence-corrected chi connectivity index (χ2v) is 4.04. The van der Waals surface area contributed by atoms with Crippen molar-refractivity contribution in [2.45, 2.75) is 32.2 Å². The SMILES string of the molecule is CCCCOc1ccc(C([NH3+])CC(=O)[O-])cc1. The summed E-state index contributed by atoms with van der Waals surface area (Å²) < 4.78 is 5.51. The third-order valence-electron chi connectivity index (χ3n) is 2.53. The van der Waals surface area contributed by atoms with Crippen molar-refractivity contribution in [1.29, 1.82) is 0 Å². The minimum atomic E-state index is -1.08. The number of carboxylic acid groups (broad SMARTS) is 1. The van der Waals surface area contributed by atoms with Crippen molar-refractivity contribution >= 4 is 5.97 Å². The molecule has 1 unspecified atom stereocenters. The molecule has 1 aromatic carbocycles. The van der Waals surface area contributed by atoms with Crippen LogP contribution in [0.4, 0.5) is 0 Å². The number of ether oxygens (including phenoxy) is 1. The lowest BCUT2D eigenvalue weighted by Gasteiger charge is -2.10. The third-order valence-corrected chi connectivity index (χ3v) is 2.53. The van der Waals surface area contributed by atoms with Crippen LogP contribution >= 0.6 is 0 Å². The van der Waals surface area contributed by atoms with Crippen molar-refractivity contribution in [3.05, 3.63) is 29.8 Å². The number of hydrogen-bond donors (Lipinski definition) is 1. The van der Waals surface area contributed by atoms with Crippen molar-refractivity contribution in [2.24, 2.45) is 0 Å². The van der Waals surface area contributed by atoms with Gasteiger partial charge in [-0.2, -0.15) is 0 Å². The van der Waals surface area contributed by atoms with Crippen molar-refractivity contribution in [1.82, 2.24) is 0 Å². The largest absolute Gasteiger partial charge is 0.550 e. The molecular weight excluding hydrogens is 218 g/mol. The first-order valence-electron chi connectivity index (χ1n) is 5.89. The Labute approximate surface area is 101 Å². The molecule has 4 nitrogen and oxygen atoms in total. The molecule has 1 aromatic rings. The zero-order valence-corrected chi connectivity index (χ0v) is 10.1. The number of hydrogen-bond acceptors (Lipinski definition) is 3. The summed E-state index contributed by atoms with van der Waals surface area (Å²) in [5.74, 6) is -0.267. The van der Waals surface area contributed by atoms with Crippen LogP contribution < -0.4 is 15.6 Å². The summed E-state index contributed by atoms with van der Waals surface area (Å²) in [5, 5.41) is 10.4. The van der Waals surface area contributed by atoms with E-state index in [2.05, 4.69) is 12.7 Å². The molecule has 0 aliphatic carbocycles. The Morgan fingerprint density at radius 2 is 2.06 bits per heavy atom. The molecule has 0 aliphatic rings. The Balaban J connectivity index is 2.52. The maximum Gasteiger partial charge on any atom is 0.119 e. The molecule has 94 valence electrons. The Bertz CT molecular complexity index is 348. The molecule has 4 heteroatoms. The van der Waals surface area contributed by atoms with Gasteiger partial charge in [-0.3, -0.25) is 0 Å². The van der Waals surface area contributed by atoms with E-state index in [9.17, 15) is 9.90 Å². The van der Waals surface area contributed by atoms with Gasteiger partial charge in [-0.1, -0.05) is 13.3 Å². The van der Waals surface area contributed by atoms with Crippen LogP contribution in [0.1, 0.15) is 37.8 Å². The number of aliphatic carboxylic acids is 1. The fourth-order valence-electron chi connectivity index (χ4n) is 1.49. The van der Waals surface area contributed by atoms with E-state index < -0.39 is 5.97 Å². The summed E-state index contributed by atoms with van der Waals surface area (Å²) in [6, 6.07) is 7.12. The van der Waals surface area contributed by atoms with Gasteiger partial charge in [0, 0.05) is 18.0 Å². The van der Waals surface area contributed by atoms with Gasteiger partial charge in [0.2, 0.25) is 0 Å². The molecule has 3 N–H and O–H groups in total. The van der Waals surface area contributed by atoms with Crippen molar-refractivity contribution in [2.75, 3.05) is 6.61 Å². The van der Waals surface area contributed by atoms with E-state index in [0.29, 0.717) is 6.61 Å². The van der Waals surface area contributed by atoms with E-state index in [1.165, 1.54) is 0 Å². The van der Waals surface area contributed by atoms with E-state index in [0.717, 1.165) is 24.2 Å². The Hall–Kier alpha value is -1.55. The Kier molecular flexibility index (Phi) is 5.49. The van der Waals surface area contributed by atoms with E-state index in [1.54, 1.807) is 0 Å². The van der Waals surface area contributed by atoms with Crippen LogP contribution in [0.2, 0.25) is 0 Å². The average Bonchev–Trinajstić information content (AvgIpc) is 2.29. The van der Waals surface area contributed by atoms with Gasteiger partial charge < -0.3 is 20.4 Å². The number of carbonyl (C=O) groups excluding carboxylic acids is 1. The molecule has 0 radical (unpaired) electrons. The topological polar surface area (TPSA) is 77.0 Å².